The summed E-state index contributed by atoms with van der Waals surface area (Å²) in [5.74, 6) is 1.61. The third kappa shape index (κ3) is 3.80. The normalized spacial score (nSPS) is 11.0. The lowest BCUT2D eigenvalue weighted by Crippen LogP contribution is -2.15. The number of fused-ring (bicyclic) bond motifs is 1. The third-order valence-corrected chi connectivity index (χ3v) is 5.08. The van der Waals surface area contributed by atoms with Crippen molar-refractivity contribution in [3.8, 4) is 0 Å². The van der Waals surface area contributed by atoms with E-state index in [-0.39, 0.29) is 5.56 Å². The van der Waals surface area contributed by atoms with Crippen molar-refractivity contribution in [1.29, 1.82) is 0 Å². The van der Waals surface area contributed by atoms with E-state index >= 15 is 0 Å². The molecule has 3 aromatic rings. The summed E-state index contributed by atoms with van der Waals surface area (Å²) in [7, 11) is 0. The molecule has 0 aliphatic heterocycles. The first-order valence-corrected chi connectivity index (χ1v) is 9.36. The second-order valence-corrected chi connectivity index (χ2v) is 7.60. The Morgan fingerprint density at radius 1 is 1.05 bits per heavy atom. The van der Waals surface area contributed by atoms with Crippen molar-refractivity contribution in [1.82, 2.24) is 9.38 Å². The maximum absolute atomic E-state index is 12.1. The van der Waals surface area contributed by atoms with Gasteiger partial charge in [0.2, 0.25) is 0 Å². The van der Waals surface area contributed by atoms with Crippen LogP contribution >= 0.6 is 43.6 Å². The molecule has 3 nitrogen and oxygen atoms in total. The van der Waals surface area contributed by atoms with Crippen molar-refractivity contribution in [2.45, 2.75) is 11.5 Å². The number of nitrogens with zero attached hydrogens (tertiary/aromatic N) is 2. The van der Waals surface area contributed by atoms with Gasteiger partial charge in [0.1, 0.15) is 5.65 Å². The molecular weight excluding hydrogens is 428 g/mol. The molecule has 22 heavy (non-hydrogen) atoms. The Balaban J connectivity index is 1.74. The number of hydrogen-bond acceptors (Lipinski definition) is 3. The molecule has 6 heteroatoms. The van der Waals surface area contributed by atoms with Crippen molar-refractivity contribution in [3.05, 3.63) is 79.2 Å². The molecule has 0 amide bonds. The van der Waals surface area contributed by atoms with Gasteiger partial charge in [0.15, 0.2) is 0 Å². The highest BCUT2D eigenvalue weighted by Gasteiger charge is 2.04. The minimum atomic E-state index is -0.0515. The van der Waals surface area contributed by atoms with Gasteiger partial charge in [-0.05, 0) is 45.8 Å². The van der Waals surface area contributed by atoms with Gasteiger partial charge in [0, 0.05) is 32.7 Å². The van der Waals surface area contributed by atoms with Gasteiger partial charge in [0.05, 0.1) is 5.69 Å². The largest absolute Gasteiger partial charge is 0.269 e. The highest BCUT2D eigenvalue weighted by atomic mass is 79.9. The predicted octanol–water partition coefficient (Wildman–Crippen LogP) is 4.65. The molecule has 0 radical (unpaired) electrons. The van der Waals surface area contributed by atoms with E-state index in [2.05, 4.69) is 49.0 Å². The van der Waals surface area contributed by atoms with E-state index in [1.54, 1.807) is 28.4 Å². The lowest BCUT2D eigenvalue weighted by molar-refractivity contribution is 1.01. The molecule has 1 aromatic carbocycles. The fraction of sp³-hybridized carbons (Fsp3) is 0.125. The van der Waals surface area contributed by atoms with Crippen molar-refractivity contribution >= 4 is 49.3 Å². The molecule has 2 aromatic heterocycles. The van der Waals surface area contributed by atoms with Gasteiger partial charge < -0.3 is 0 Å². The lowest BCUT2D eigenvalue weighted by Gasteiger charge is -2.05. The third-order valence-electron chi connectivity index (χ3n) is 3.08. The average Bonchev–Trinajstić information content (AvgIpc) is 2.48. The molecule has 3 rings (SSSR count). The Morgan fingerprint density at radius 3 is 2.73 bits per heavy atom. The summed E-state index contributed by atoms with van der Waals surface area (Å²) in [6.45, 7) is 0. The molecule has 2 heterocycles. The van der Waals surface area contributed by atoms with Gasteiger partial charge in [-0.25, -0.2) is 4.98 Å². The van der Waals surface area contributed by atoms with Crippen LogP contribution in [0.5, 0.6) is 0 Å². The maximum Gasteiger partial charge on any atom is 0.258 e. The molecule has 0 bridgehead atoms. The van der Waals surface area contributed by atoms with Crippen LogP contribution < -0.4 is 5.56 Å². The molecule has 112 valence electrons. The van der Waals surface area contributed by atoms with Crippen LogP contribution in [0.25, 0.3) is 5.65 Å². The Kier molecular flexibility index (Phi) is 5.00. The fourth-order valence-electron chi connectivity index (χ4n) is 2.10. The van der Waals surface area contributed by atoms with E-state index in [9.17, 15) is 4.79 Å². The zero-order valence-corrected chi connectivity index (χ0v) is 15.5. The van der Waals surface area contributed by atoms with Gasteiger partial charge in [-0.1, -0.05) is 28.1 Å². The number of benzene rings is 1. The first-order valence-electron chi connectivity index (χ1n) is 6.62. The van der Waals surface area contributed by atoms with Crippen LogP contribution in [0.3, 0.4) is 0 Å². The standard InChI is InChI=1S/C16H12Br2N2OS/c17-12-3-1-2-11(6-12)9-22-10-14-7-16(21)20-8-13(18)4-5-15(20)19-14/h1-8H,9-10H2. The van der Waals surface area contributed by atoms with Gasteiger partial charge >= 0.3 is 0 Å². The number of thioether (sulfide) groups is 1. The highest BCUT2D eigenvalue weighted by Crippen LogP contribution is 2.19. The molecule has 0 atom stereocenters. The molecule has 0 aliphatic rings. The molecule has 0 fully saturated rings. The molecule has 0 aliphatic carbocycles. The van der Waals surface area contributed by atoms with Crippen LogP contribution in [0.2, 0.25) is 0 Å². The number of aromatic nitrogens is 2. The summed E-state index contributed by atoms with van der Waals surface area (Å²) in [5.41, 5.74) is 2.69. The van der Waals surface area contributed by atoms with Gasteiger partial charge in [-0.15, -0.1) is 0 Å². The molecule has 0 saturated heterocycles. The van der Waals surface area contributed by atoms with E-state index in [1.165, 1.54) is 5.56 Å². The van der Waals surface area contributed by atoms with E-state index in [0.29, 0.717) is 11.4 Å². The number of rotatable bonds is 4. The SMILES string of the molecule is O=c1cc(CSCc2cccc(Br)c2)nc2ccc(Br)cn12. The minimum absolute atomic E-state index is 0.0515. The Morgan fingerprint density at radius 2 is 1.91 bits per heavy atom. The smallest absolute Gasteiger partial charge is 0.258 e. The quantitative estimate of drug-likeness (QED) is 0.593. The number of pyridine rings is 1. The molecule has 0 N–H and O–H groups in total. The van der Waals surface area contributed by atoms with Crippen molar-refractivity contribution in [2.24, 2.45) is 0 Å². The monoisotopic (exact) mass is 438 g/mol. The Labute approximate surface area is 149 Å². The van der Waals surface area contributed by atoms with E-state index in [1.807, 2.05) is 24.3 Å². The number of hydrogen-bond donors (Lipinski definition) is 0. The topological polar surface area (TPSA) is 34.4 Å². The Bertz CT molecular complexity index is 879. The summed E-state index contributed by atoms with van der Waals surface area (Å²) in [6, 6.07) is 13.6. The summed E-state index contributed by atoms with van der Waals surface area (Å²) >= 11 is 8.58. The summed E-state index contributed by atoms with van der Waals surface area (Å²) in [6.07, 6.45) is 1.74. The maximum atomic E-state index is 12.1. The Hall–Kier alpha value is -1.11. The van der Waals surface area contributed by atoms with Crippen LogP contribution in [0.4, 0.5) is 0 Å². The molecular formula is C16H12Br2N2OS. The zero-order valence-electron chi connectivity index (χ0n) is 11.5. The highest BCUT2D eigenvalue weighted by molar-refractivity contribution is 9.10. The van der Waals surface area contributed by atoms with Gasteiger partial charge in [-0.3, -0.25) is 9.20 Å². The van der Waals surface area contributed by atoms with Crippen molar-refractivity contribution < 1.29 is 0 Å². The first-order chi connectivity index (χ1) is 10.6. The predicted molar refractivity (Wildman–Crippen MR) is 98.3 cm³/mol. The van der Waals surface area contributed by atoms with E-state index < -0.39 is 0 Å². The van der Waals surface area contributed by atoms with E-state index in [0.717, 1.165) is 20.4 Å². The second kappa shape index (κ2) is 6.98. The zero-order chi connectivity index (χ0) is 15.5. The summed E-state index contributed by atoms with van der Waals surface area (Å²) < 4.78 is 3.49. The minimum Gasteiger partial charge on any atom is -0.269 e. The van der Waals surface area contributed by atoms with Gasteiger partial charge in [0.25, 0.3) is 5.56 Å². The molecule has 0 saturated carbocycles. The van der Waals surface area contributed by atoms with Crippen LogP contribution in [0.1, 0.15) is 11.3 Å². The first kappa shape index (κ1) is 15.8. The van der Waals surface area contributed by atoms with Gasteiger partial charge in [-0.2, -0.15) is 11.8 Å². The van der Waals surface area contributed by atoms with Crippen LogP contribution in [0, 0.1) is 0 Å². The van der Waals surface area contributed by atoms with E-state index in [4.69, 9.17) is 0 Å². The van der Waals surface area contributed by atoms with Crippen LogP contribution in [-0.2, 0) is 11.5 Å². The lowest BCUT2D eigenvalue weighted by atomic mass is 10.2. The van der Waals surface area contributed by atoms with Crippen molar-refractivity contribution in [3.63, 3.8) is 0 Å². The van der Waals surface area contributed by atoms with Crippen LogP contribution in [0.15, 0.2) is 62.4 Å². The van der Waals surface area contributed by atoms with Crippen LogP contribution in [-0.4, -0.2) is 9.38 Å². The summed E-state index contributed by atoms with van der Waals surface area (Å²) in [5, 5.41) is 0. The fourth-order valence-corrected chi connectivity index (χ4v) is 3.76. The molecule has 0 spiro atoms. The summed E-state index contributed by atoms with van der Waals surface area (Å²) in [4.78, 5) is 16.7. The molecule has 0 unspecified atom stereocenters. The van der Waals surface area contributed by atoms with Crippen molar-refractivity contribution in [2.75, 3.05) is 0 Å². The number of halogens is 2. The average molecular weight is 440 g/mol. The second-order valence-electron chi connectivity index (χ2n) is 4.78.